The average Bonchev–Trinajstić information content (AvgIpc) is 1.61. The van der Waals surface area contributed by atoms with Crippen molar-refractivity contribution in [1.29, 1.82) is 0 Å². The minimum absolute atomic E-state index is 0.0130. The molecule has 12 unspecified atom stereocenters. The fourth-order valence-corrected chi connectivity index (χ4v) is 13.9. The highest BCUT2D eigenvalue weighted by molar-refractivity contribution is 6.04. The number of primary amides is 3. The van der Waals surface area contributed by atoms with Crippen molar-refractivity contribution in [3.8, 4) is 0 Å². The van der Waals surface area contributed by atoms with Crippen LogP contribution in [-0.2, 0) is 117 Å². The van der Waals surface area contributed by atoms with Crippen LogP contribution < -0.4 is 118 Å². The number of nitrogens with zero attached hydrogens (tertiary/aromatic N) is 1. The van der Waals surface area contributed by atoms with Crippen molar-refractivity contribution < 1.29 is 115 Å². The first-order valence-electron chi connectivity index (χ1n) is 46.0. The Balaban J connectivity index is 2.16. The number of aliphatic hydroxyl groups excluding tert-OH is 1. The van der Waals surface area contributed by atoms with Crippen molar-refractivity contribution in [1.82, 2.24) is 106 Å². The van der Waals surface area contributed by atoms with Crippen molar-refractivity contribution in [2.75, 3.05) is 26.2 Å². The molecule has 0 saturated carbocycles. The normalized spacial score (nSPS) is 15.4. The van der Waals surface area contributed by atoms with Crippen LogP contribution in [-0.4, -0.2) is 277 Å². The standard InChI is InChI=1S/C91H151N23O24/c1-46(2)40-59(74(128)111-91(24,25)84(138)114-39-29-32-61(114)76(130)106-66(48(5)6)77(131)112-88(18,19)81(135)100-51(9)69(123)103-58(35-38-64(94)119)73(127)104-57(34-37-63(93)118)72(126)101-56(45-115)42-54-30-27-26-28-31-54)102-65(120)44-96-78(132)85(12,13)110-75(129)60(41-47(3)4)105-82(136)89(20,21)109-71(125)55(33-36-62(92)117)43-95-79(133)86(14,15)113-83(137)90(22,23)108-70(124)52(10)98-67(121)49(7)97-68(122)50(8)99-80(134)87(16,17)107-53(11)116/h26-28,30-31,46-52,55-61,66,115H,29,32-45H2,1-25H3,(H2,92,117)(H2,93,118)(H2,94,119)(H,95,133)(H,96,132)(H,97,122)(H,98,121)(H,99,134)(H,100,135)(H,101,126)(H,102,120)(H,103,123)(H,104,127)(H,105,136)(H,106,130)(H,107,116)(H,108,124)(H,109,125)(H,110,129)(H,111,128)(H,112,131)(H,113,137). The maximum atomic E-state index is 14.6. The molecule has 2 rings (SSSR count). The van der Waals surface area contributed by atoms with Crippen LogP contribution in [0.15, 0.2) is 30.3 Å². The molecule has 774 valence electrons. The van der Waals surface area contributed by atoms with E-state index in [4.69, 9.17) is 17.2 Å². The van der Waals surface area contributed by atoms with Gasteiger partial charge < -0.3 is 128 Å². The van der Waals surface area contributed by atoms with E-state index in [0.717, 1.165) is 5.56 Å². The van der Waals surface area contributed by atoms with Gasteiger partial charge in [0, 0.05) is 39.3 Å². The van der Waals surface area contributed by atoms with E-state index >= 15 is 0 Å². The molecule has 26 N–H and O–H groups in total. The maximum Gasteiger partial charge on any atom is 0.248 e. The van der Waals surface area contributed by atoms with E-state index in [2.05, 4.69) is 101 Å². The first kappa shape index (κ1) is 121. The molecule has 0 aliphatic carbocycles. The number of nitrogens with two attached hydrogens (primary N) is 3. The Morgan fingerprint density at radius 3 is 1.24 bits per heavy atom. The maximum absolute atomic E-state index is 14.6. The van der Waals surface area contributed by atoms with Crippen LogP contribution in [0.3, 0.4) is 0 Å². The number of likely N-dealkylation sites (tertiary alicyclic amines) is 1. The van der Waals surface area contributed by atoms with Gasteiger partial charge in [-0.05, 0) is 199 Å². The lowest BCUT2D eigenvalue weighted by atomic mass is 9.95. The Hall–Kier alpha value is -13.0. The van der Waals surface area contributed by atoms with Gasteiger partial charge >= 0.3 is 0 Å². The molecule has 47 nitrogen and oxygen atoms in total. The highest BCUT2D eigenvalue weighted by Crippen LogP contribution is 2.25. The van der Waals surface area contributed by atoms with Gasteiger partial charge in [-0.1, -0.05) is 71.9 Å². The molecule has 1 aromatic rings. The van der Waals surface area contributed by atoms with Crippen LogP contribution in [0.5, 0.6) is 0 Å². The molecule has 1 aliphatic heterocycles. The number of amides is 23. The number of carbonyl (C=O) groups excluding carboxylic acids is 23. The average molecular weight is 1950 g/mol. The Bertz CT molecular complexity index is 4590. The van der Waals surface area contributed by atoms with Crippen LogP contribution in [0.4, 0.5) is 0 Å². The van der Waals surface area contributed by atoms with Crippen LogP contribution in [0.1, 0.15) is 243 Å². The van der Waals surface area contributed by atoms with Crippen molar-refractivity contribution in [2.24, 2.45) is 40.9 Å². The highest BCUT2D eigenvalue weighted by Gasteiger charge is 2.47. The summed E-state index contributed by atoms with van der Waals surface area (Å²) in [7, 11) is 0. The van der Waals surface area contributed by atoms with E-state index in [-0.39, 0.29) is 76.2 Å². The zero-order chi connectivity index (χ0) is 106. The van der Waals surface area contributed by atoms with Gasteiger partial charge in [-0.3, -0.25) is 110 Å². The summed E-state index contributed by atoms with van der Waals surface area (Å²) in [6.45, 7) is 33.6. The van der Waals surface area contributed by atoms with Crippen LogP contribution >= 0.6 is 0 Å². The van der Waals surface area contributed by atoms with E-state index in [0.29, 0.717) is 6.42 Å². The second-order valence-electron chi connectivity index (χ2n) is 39.9. The van der Waals surface area contributed by atoms with E-state index in [9.17, 15) is 115 Å². The minimum atomic E-state index is -1.84. The molecular weight excluding hydrogens is 1800 g/mol. The zero-order valence-electron chi connectivity index (χ0n) is 84.2. The van der Waals surface area contributed by atoms with Crippen molar-refractivity contribution >= 4 is 136 Å². The molecule has 1 saturated heterocycles. The lowest BCUT2D eigenvalue weighted by Gasteiger charge is -2.35. The number of aliphatic hydroxyl groups is 1. The first-order valence-corrected chi connectivity index (χ1v) is 46.0. The first-order chi connectivity index (χ1) is 63.3. The third kappa shape index (κ3) is 40.3. The molecule has 12 atom stereocenters. The number of carbonyl (C=O) groups is 23. The summed E-state index contributed by atoms with van der Waals surface area (Å²) >= 11 is 0. The summed E-state index contributed by atoms with van der Waals surface area (Å²) in [5.41, 5.74) is 4.89. The Morgan fingerprint density at radius 1 is 0.384 bits per heavy atom. The Morgan fingerprint density at radius 2 is 0.768 bits per heavy atom. The molecule has 47 heteroatoms. The van der Waals surface area contributed by atoms with Crippen LogP contribution in [0.25, 0.3) is 0 Å². The van der Waals surface area contributed by atoms with Gasteiger partial charge in [0.05, 0.1) is 25.1 Å². The minimum Gasteiger partial charge on any atom is -0.394 e. The smallest absolute Gasteiger partial charge is 0.248 e. The number of hydrogen-bond acceptors (Lipinski definition) is 24. The number of nitrogens with one attached hydrogen (secondary N) is 19. The SMILES string of the molecule is CC(=O)NC(C)(C)C(=O)NC(C)C(=O)NC(C)C(=O)NC(C)C(=O)NC(C)(C)C(=O)NC(C)(C)C(=O)NCC(CCC(N)=O)C(=O)NC(C)(C)C(=O)NC(CC(C)C)C(=O)NC(C)(C)C(=O)NCC(=O)NC(CC(C)C)C(=O)NC(C)(C)C(=O)N1CCCC1C(=O)NC(C(=O)NC(C)(C)C(=O)NC(C)C(=O)NC(CCC(N)=O)C(=O)NC(CCC(N)=O)C(=O)NC(CO)Cc1ccccc1)C(C)C. The van der Waals surface area contributed by atoms with E-state index in [1.54, 1.807) is 71.9 Å². The molecule has 1 fully saturated rings. The topological polar surface area (TPSA) is 723 Å². The fourth-order valence-electron chi connectivity index (χ4n) is 13.9. The van der Waals surface area contributed by atoms with E-state index < -0.39 is 279 Å². The number of rotatable bonds is 56. The summed E-state index contributed by atoms with van der Waals surface area (Å²) in [5, 5.41) is 58.3. The van der Waals surface area contributed by atoms with Crippen LogP contribution in [0.2, 0.25) is 0 Å². The fraction of sp³-hybridized carbons (Fsp3) is 0.681. The lowest BCUT2D eigenvalue weighted by Crippen LogP contribution is -2.65. The quantitative estimate of drug-likeness (QED) is 0.0290. The molecule has 0 bridgehead atoms. The predicted octanol–water partition coefficient (Wildman–Crippen LogP) is -5.18. The predicted molar refractivity (Wildman–Crippen MR) is 504 cm³/mol. The van der Waals surface area contributed by atoms with Crippen molar-refractivity contribution in [3.63, 3.8) is 0 Å². The third-order valence-electron chi connectivity index (χ3n) is 22.3. The molecule has 0 spiro atoms. The molecule has 1 aliphatic rings. The summed E-state index contributed by atoms with van der Waals surface area (Å²) in [5.74, 6) is -21.5. The summed E-state index contributed by atoms with van der Waals surface area (Å²) in [6, 6.07) is -5.29. The summed E-state index contributed by atoms with van der Waals surface area (Å²) in [6.07, 6.45) is -1.49. The van der Waals surface area contributed by atoms with Gasteiger partial charge in [0.25, 0.3) is 0 Å². The Labute approximate surface area is 805 Å². The third-order valence-corrected chi connectivity index (χ3v) is 22.3. The van der Waals surface area contributed by atoms with Gasteiger partial charge in [-0.2, -0.15) is 0 Å². The van der Waals surface area contributed by atoms with Gasteiger partial charge in [0.2, 0.25) is 136 Å². The molecule has 138 heavy (non-hydrogen) atoms. The van der Waals surface area contributed by atoms with E-state index in [1.165, 1.54) is 136 Å². The van der Waals surface area contributed by atoms with Crippen molar-refractivity contribution in [2.45, 2.75) is 349 Å². The monoisotopic (exact) mass is 1950 g/mol. The van der Waals surface area contributed by atoms with Crippen molar-refractivity contribution in [3.05, 3.63) is 35.9 Å². The van der Waals surface area contributed by atoms with Gasteiger partial charge in [-0.25, -0.2) is 0 Å². The molecule has 23 amide bonds. The molecule has 1 aromatic carbocycles. The molecular formula is C91H151N23O24. The van der Waals surface area contributed by atoms with Gasteiger partial charge in [0.15, 0.2) is 0 Å². The van der Waals surface area contributed by atoms with E-state index in [1.807, 2.05) is 0 Å². The molecule has 0 radical (unpaired) electrons. The second-order valence-corrected chi connectivity index (χ2v) is 39.9. The highest BCUT2D eigenvalue weighted by atomic mass is 16.3. The number of benzene rings is 1. The Kier molecular flexibility index (Phi) is 46.6. The number of hydrogen-bond donors (Lipinski definition) is 23. The zero-order valence-corrected chi connectivity index (χ0v) is 84.2. The lowest BCUT2D eigenvalue weighted by molar-refractivity contribution is -0.146. The summed E-state index contributed by atoms with van der Waals surface area (Å²) in [4.78, 5) is 311. The second kappa shape index (κ2) is 53.1. The van der Waals surface area contributed by atoms with Crippen LogP contribution in [0, 0.1) is 23.7 Å². The molecule has 0 aromatic heterocycles. The molecule has 1 heterocycles. The summed E-state index contributed by atoms with van der Waals surface area (Å²) < 4.78 is 0. The largest absolute Gasteiger partial charge is 0.394 e. The van der Waals surface area contributed by atoms with Gasteiger partial charge in [0.1, 0.15) is 99.2 Å². The van der Waals surface area contributed by atoms with Gasteiger partial charge in [-0.15, -0.1) is 0 Å².